The molecule has 0 bridgehead atoms. The second kappa shape index (κ2) is 4.28. The summed E-state index contributed by atoms with van der Waals surface area (Å²) in [4.78, 5) is 10.2. The van der Waals surface area contributed by atoms with Crippen LogP contribution in [-0.2, 0) is 11.2 Å². The van der Waals surface area contributed by atoms with E-state index in [2.05, 4.69) is 0 Å². The summed E-state index contributed by atoms with van der Waals surface area (Å²) in [7, 11) is 0. The minimum absolute atomic E-state index is 0.0411. The van der Waals surface area contributed by atoms with Crippen LogP contribution in [0.4, 0.5) is 0 Å². The maximum absolute atomic E-state index is 10.2. The van der Waals surface area contributed by atoms with Gasteiger partial charge >= 0.3 is 0 Å². The molecule has 1 rings (SSSR count). The number of carboxylic acids is 1. The van der Waals surface area contributed by atoms with E-state index in [9.17, 15) is 9.90 Å². The molecule has 0 radical (unpaired) electrons. The topological polar surface area (TPSA) is 40.1 Å². The Morgan fingerprint density at radius 1 is 1.54 bits per heavy atom. The van der Waals surface area contributed by atoms with E-state index in [1.807, 2.05) is 19.1 Å². The summed E-state index contributed by atoms with van der Waals surface area (Å²) in [5.41, 5.74) is 1.93. The summed E-state index contributed by atoms with van der Waals surface area (Å²) in [6.45, 7) is 1.91. The van der Waals surface area contributed by atoms with Crippen molar-refractivity contribution in [2.45, 2.75) is 19.8 Å². The van der Waals surface area contributed by atoms with Crippen molar-refractivity contribution in [1.82, 2.24) is 0 Å². The number of halogens is 1. The first-order valence-corrected chi connectivity index (χ1v) is 4.42. The molecule has 13 heavy (non-hydrogen) atoms. The van der Waals surface area contributed by atoms with Gasteiger partial charge in [-0.25, -0.2) is 0 Å². The van der Waals surface area contributed by atoms with Crippen LogP contribution < -0.4 is 5.11 Å². The Labute approximate surface area is 82.2 Å². The van der Waals surface area contributed by atoms with Crippen LogP contribution in [0, 0.1) is 6.92 Å². The molecule has 0 unspecified atom stereocenters. The lowest BCUT2D eigenvalue weighted by molar-refractivity contribution is -0.305. The lowest BCUT2D eigenvalue weighted by atomic mass is 10.1. The van der Waals surface area contributed by atoms with Gasteiger partial charge in [-0.15, -0.1) is 0 Å². The summed E-state index contributed by atoms with van der Waals surface area (Å²) < 4.78 is 0. The molecule has 3 heteroatoms. The van der Waals surface area contributed by atoms with E-state index in [1.54, 1.807) is 6.07 Å². The quantitative estimate of drug-likeness (QED) is 0.734. The summed E-state index contributed by atoms with van der Waals surface area (Å²) in [6.07, 6.45) is 0.516. The number of carbonyl (C=O) groups excluding carboxylic acids is 1. The Hall–Kier alpha value is -1.02. The number of aliphatic carboxylic acids is 1. The second-order valence-electron chi connectivity index (χ2n) is 2.96. The van der Waals surface area contributed by atoms with E-state index >= 15 is 0 Å². The molecular weight excluding hydrogens is 188 g/mol. The fourth-order valence-corrected chi connectivity index (χ4v) is 1.24. The molecular formula is C10H10ClO2-. The number of carboxylic acid groups (broad SMARTS) is 1. The Morgan fingerprint density at radius 2 is 2.23 bits per heavy atom. The number of benzene rings is 1. The second-order valence-corrected chi connectivity index (χ2v) is 3.36. The highest BCUT2D eigenvalue weighted by Crippen LogP contribution is 2.17. The maximum Gasteiger partial charge on any atom is 0.0437 e. The highest BCUT2D eigenvalue weighted by Gasteiger charge is 1.97. The summed E-state index contributed by atoms with van der Waals surface area (Å²) in [5, 5.41) is 10.9. The van der Waals surface area contributed by atoms with Gasteiger partial charge in [0.15, 0.2) is 0 Å². The average molecular weight is 198 g/mol. The fourth-order valence-electron chi connectivity index (χ4n) is 1.04. The SMILES string of the molecule is Cc1ccc(CCC(=O)[O-])cc1Cl. The molecule has 0 amide bonds. The van der Waals surface area contributed by atoms with Crippen molar-refractivity contribution in [3.05, 3.63) is 34.3 Å². The minimum atomic E-state index is -1.03. The molecule has 2 nitrogen and oxygen atoms in total. The summed E-state index contributed by atoms with van der Waals surface area (Å²) in [6, 6.07) is 5.55. The molecule has 0 fully saturated rings. The molecule has 0 saturated heterocycles. The molecule has 0 saturated carbocycles. The van der Waals surface area contributed by atoms with Gasteiger partial charge in [0.2, 0.25) is 0 Å². The van der Waals surface area contributed by atoms with Crippen molar-refractivity contribution in [3.8, 4) is 0 Å². The summed E-state index contributed by atoms with van der Waals surface area (Å²) >= 11 is 5.87. The number of hydrogen-bond donors (Lipinski definition) is 0. The van der Waals surface area contributed by atoms with Crippen molar-refractivity contribution >= 4 is 17.6 Å². The zero-order chi connectivity index (χ0) is 9.84. The normalized spacial score (nSPS) is 10.0. The molecule has 0 heterocycles. The van der Waals surface area contributed by atoms with Crippen molar-refractivity contribution in [2.75, 3.05) is 0 Å². The van der Waals surface area contributed by atoms with Gasteiger partial charge in [-0.05, 0) is 37.0 Å². The van der Waals surface area contributed by atoms with Gasteiger partial charge < -0.3 is 9.90 Å². The van der Waals surface area contributed by atoms with E-state index in [0.717, 1.165) is 11.1 Å². The van der Waals surface area contributed by atoms with Gasteiger partial charge in [-0.1, -0.05) is 23.7 Å². The van der Waals surface area contributed by atoms with E-state index in [-0.39, 0.29) is 6.42 Å². The van der Waals surface area contributed by atoms with E-state index in [0.29, 0.717) is 11.4 Å². The van der Waals surface area contributed by atoms with Gasteiger partial charge in [0, 0.05) is 11.0 Å². The largest absolute Gasteiger partial charge is 0.550 e. The Morgan fingerprint density at radius 3 is 2.77 bits per heavy atom. The fraction of sp³-hybridized carbons (Fsp3) is 0.300. The molecule has 70 valence electrons. The number of carbonyl (C=O) groups is 1. The lowest BCUT2D eigenvalue weighted by Gasteiger charge is -2.04. The van der Waals surface area contributed by atoms with Crippen LogP contribution in [0.15, 0.2) is 18.2 Å². The van der Waals surface area contributed by atoms with Crippen LogP contribution in [-0.4, -0.2) is 5.97 Å². The highest BCUT2D eigenvalue weighted by molar-refractivity contribution is 6.31. The van der Waals surface area contributed by atoms with Crippen LogP contribution in [0.5, 0.6) is 0 Å². The first-order chi connectivity index (χ1) is 6.09. The summed E-state index contributed by atoms with van der Waals surface area (Å²) in [5.74, 6) is -1.03. The minimum Gasteiger partial charge on any atom is -0.550 e. The number of aryl methyl sites for hydroxylation is 2. The van der Waals surface area contributed by atoms with Crippen LogP contribution in [0.2, 0.25) is 5.02 Å². The molecule has 1 aromatic rings. The predicted octanol–water partition coefficient (Wildman–Crippen LogP) is 1.33. The average Bonchev–Trinajstić information content (AvgIpc) is 2.07. The van der Waals surface area contributed by atoms with Gasteiger partial charge in [-0.2, -0.15) is 0 Å². The van der Waals surface area contributed by atoms with Crippen molar-refractivity contribution in [2.24, 2.45) is 0 Å². The van der Waals surface area contributed by atoms with E-state index in [4.69, 9.17) is 11.6 Å². The Balaban J connectivity index is 2.68. The third-order valence-corrected chi connectivity index (χ3v) is 2.26. The molecule has 0 aliphatic rings. The van der Waals surface area contributed by atoms with Crippen molar-refractivity contribution in [1.29, 1.82) is 0 Å². The molecule has 0 aliphatic carbocycles. The van der Waals surface area contributed by atoms with Gasteiger partial charge in [-0.3, -0.25) is 0 Å². The van der Waals surface area contributed by atoms with Crippen LogP contribution in [0.3, 0.4) is 0 Å². The monoisotopic (exact) mass is 197 g/mol. The zero-order valence-corrected chi connectivity index (χ0v) is 8.10. The van der Waals surface area contributed by atoms with Crippen LogP contribution >= 0.6 is 11.6 Å². The van der Waals surface area contributed by atoms with E-state index in [1.165, 1.54) is 0 Å². The standard InChI is InChI=1S/C10H11ClO2/c1-7-2-3-8(6-9(7)11)4-5-10(12)13/h2-3,6H,4-5H2,1H3,(H,12,13)/p-1. The molecule has 0 aliphatic heterocycles. The van der Waals surface area contributed by atoms with Crippen molar-refractivity contribution in [3.63, 3.8) is 0 Å². The van der Waals surface area contributed by atoms with Crippen LogP contribution in [0.1, 0.15) is 17.5 Å². The van der Waals surface area contributed by atoms with Crippen LogP contribution in [0.25, 0.3) is 0 Å². The molecule has 1 aromatic carbocycles. The maximum atomic E-state index is 10.2. The predicted molar refractivity (Wildman–Crippen MR) is 49.5 cm³/mol. The number of rotatable bonds is 3. The zero-order valence-electron chi connectivity index (χ0n) is 7.34. The number of hydrogen-bond acceptors (Lipinski definition) is 2. The van der Waals surface area contributed by atoms with Gasteiger partial charge in [0.25, 0.3) is 0 Å². The molecule has 0 N–H and O–H groups in total. The smallest absolute Gasteiger partial charge is 0.0437 e. The first-order valence-electron chi connectivity index (χ1n) is 4.04. The Bertz CT molecular complexity index is 321. The highest BCUT2D eigenvalue weighted by atomic mass is 35.5. The first kappa shape index (κ1) is 10.1. The van der Waals surface area contributed by atoms with Crippen molar-refractivity contribution < 1.29 is 9.90 Å². The third-order valence-electron chi connectivity index (χ3n) is 1.85. The Kier molecular flexibility index (Phi) is 3.32. The van der Waals surface area contributed by atoms with Gasteiger partial charge in [0.05, 0.1) is 0 Å². The third kappa shape index (κ3) is 3.07. The molecule has 0 aromatic heterocycles. The van der Waals surface area contributed by atoms with Gasteiger partial charge in [0.1, 0.15) is 0 Å². The lowest BCUT2D eigenvalue weighted by Crippen LogP contribution is -2.22. The molecule has 0 spiro atoms. The molecule has 0 atom stereocenters. The van der Waals surface area contributed by atoms with E-state index < -0.39 is 5.97 Å².